The number of aromatic nitrogens is 2. The predicted octanol–water partition coefficient (Wildman–Crippen LogP) is 6.61. The van der Waals surface area contributed by atoms with Crippen LogP contribution in [0.15, 0.2) is 90.1 Å². The summed E-state index contributed by atoms with van der Waals surface area (Å²) in [6, 6.07) is 23.7. The summed E-state index contributed by atoms with van der Waals surface area (Å²) in [5, 5.41) is 22.5. The lowest BCUT2D eigenvalue weighted by molar-refractivity contribution is -0.128. The largest absolute Gasteiger partial charge is 0.493 e. The molecule has 5 aromatic rings. The van der Waals surface area contributed by atoms with Crippen LogP contribution in [0.2, 0.25) is 0 Å². The van der Waals surface area contributed by atoms with Gasteiger partial charge in [-0.3, -0.25) is 28.9 Å². The number of nitrogens with one attached hydrogen (secondary N) is 5. The maximum Gasteiger partial charge on any atom is 0.264 e. The molecule has 2 aliphatic carbocycles. The number of rotatable bonds is 25. The van der Waals surface area contributed by atoms with E-state index in [4.69, 9.17) is 14.2 Å². The summed E-state index contributed by atoms with van der Waals surface area (Å²) in [4.78, 5) is 63.5. The number of anilines is 2. The Bertz CT molecular complexity index is 2960. The normalized spacial score (nSPS) is 20.6. The number of fused-ring (bicyclic) bond motifs is 1. The monoisotopic (exact) mass is 1090 g/mol. The van der Waals surface area contributed by atoms with Crippen molar-refractivity contribution in [2.75, 3.05) is 83.9 Å². The number of sulfonamides is 1. The molecular formula is C56H70N10O9S2. The van der Waals surface area contributed by atoms with E-state index in [1.165, 1.54) is 23.8 Å². The van der Waals surface area contributed by atoms with E-state index in [9.17, 15) is 32.9 Å². The third-order valence-corrected chi connectivity index (χ3v) is 17.2. The first-order chi connectivity index (χ1) is 37.3. The van der Waals surface area contributed by atoms with Crippen molar-refractivity contribution in [2.24, 2.45) is 11.8 Å². The second-order valence-electron chi connectivity index (χ2n) is 20.1. The van der Waals surface area contributed by atoms with Gasteiger partial charge in [0.1, 0.15) is 16.7 Å². The Hall–Kier alpha value is -6.70. The lowest BCUT2D eigenvalue weighted by atomic mass is 9.78. The first kappa shape index (κ1) is 56.5. The summed E-state index contributed by atoms with van der Waals surface area (Å²) >= 11 is 1.17. The number of likely N-dealkylation sites (N-methyl/N-ethyl adjacent to an activating group) is 1. The summed E-state index contributed by atoms with van der Waals surface area (Å²) in [6.45, 7) is 2.76. The average Bonchev–Trinajstić information content (AvgIpc) is 3.98. The fourth-order valence-electron chi connectivity index (χ4n) is 10.6. The van der Waals surface area contributed by atoms with E-state index in [0.29, 0.717) is 93.6 Å². The molecule has 4 atom stereocenters. The zero-order valence-corrected chi connectivity index (χ0v) is 45.6. The van der Waals surface area contributed by atoms with Crippen LogP contribution in [0, 0.1) is 23.2 Å². The zero-order chi connectivity index (χ0) is 54.3. The van der Waals surface area contributed by atoms with Crippen LogP contribution in [0.5, 0.6) is 5.75 Å². The second kappa shape index (κ2) is 27.1. The van der Waals surface area contributed by atoms with Crippen LogP contribution < -0.4 is 30.7 Å². The summed E-state index contributed by atoms with van der Waals surface area (Å²) in [7, 11) is 1.72. The Balaban J connectivity index is 0.668. The van der Waals surface area contributed by atoms with Gasteiger partial charge in [0.25, 0.3) is 15.9 Å². The minimum absolute atomic E-state index is 0.0462. The van der Waals surface area contributed by atoms with E-state index in [1.54, 1.807) is 54.7 Å². The molecule has 5 N–H and O–H groups in total. The van der Waals surface area contributed by atoms with E-state index >= 15 is 0 Å². The first-order valence-corrected chi connectivity index (χ1v) is 28.9. The number of ether oxygens (including phenoxy) is 3. The number of carbonyl (C=O) groups excluding carboxylic acids is 4. The van der Waals surface area contributed by atoms with Gasteiger partial charge in [-0.25, -0.2) is 13.4 Å². The molecule has 8 rings (SSSR count). The van der Waals surface area contributed by atoms with Crippen molar-refractivity contribution >= 4 is 66.0 Å². The molecule has 410 valence electrons. The fraction of sp³-hybridized carbons (Fsp3) is 0.482. The molecule has 4 amide bonds. The van der Waals surface area contributed by atoms with Crippen LogP contribution >= 0.6 is 11.3 Å². The standard InChI is InChI=1S/C56H70N10O9S2/c1-65(2)48-10-5-4-9-46(48)62-43-19-22-50(42(32-43)35-57)77(71,72)64-56-63-47-21-20-44(33-49(47)76-56)75-27-7-24-59-53(68)39-15-11-37(12-16-39)38-13-17-40(18-14-38)54(69)60-25-28-73-30-31-74-29-26-61-55(70)45-34-51(67)66(3)52(45)41-8-6-23-58-36-41/h6,8,13-14,17-23,32-33,36-37,39,45-46,48,52,62H,4-5,7,9-12,15-16,24-31,34H2,1-3H3,(H,59,68)(H,60,69)(H,61,70)(H,63,64)/t37?,39?,45-,46+,48+,52+/m0/s1. The molecule has 2 aromatic heterocycles. The highest BCUT2D eigenvalue weighted by Gasteiger charge is 2.42. The van der Waals surface area contributed by atoms with Gasteiger partial charge in [-0.05, 0) is 131 Å². The van der Waals surface area contributed by atoms with Crippen molar-refractivity contribution in [2.45, 2.75) is 93.1 Å². The average molecular weight is 1090 g/mol. The number of hydrogen-bond donors (Lipinski definition) is 5. The highest BCUT2D eigenvalue weighted by atomic mass is 32.2. The molecule has 1 aliphatic heterocycles. The molecule has 77 heavy (non-hydrogen) atoms. The topological polar surface area (TPSA) is 246 Å². The minimum atomic E-state index is -4.11. The van der Waals surface area contributed by atoms with Crippen LogP contribution in [0.25, 0.3) is 10.2 Å². The molecular weight excluding hydrogens is 1020 g/mol. The fourth-order valence-corrected chi connectivity index (χ4v) is 12.9. The third-order valence-electron chi connectivity index (χ3n) is 14.7. The molecule has 0 bridgehead atoms. The van der Waals surface area contributed by atoms with Crippen molar-refractivity contribution in [3.05, 3.63) is 107 Å². The van der Waals surface area contributed by atoms with E-state index in [-0.39, 0.29) is 63.6 Å². The molecule has 0 spiro atoms. The van der Waals surface area contributed by atoms with Gasteiger partial charge in [-0.15, -0.1) is 0 Å². The van der Waals surface area contributed by atoms with Crippen molar-refractivity contribution in [3.8, 4) is 11.8 Å². The molecule has 21 heteroatoms. The van der Waals surface area contributed by atoms with Gasteiger partial charge in [0.2, 0.25) is 17.7 Å². The van der Waals surface area contributed by atoms with Crippen LogP contribution in [-0.2, 0) is 33.9 Å². The lowest BCUT2D eigenvalue weighted by Gasteiger charge is -2.37. The van der Waals surface area contributed by atoms with E-state index in [1.807, 2.05) is 36.4 Å². The van der Waals surface area contributed by atoms with Crippen molar-refractivity contribution in [3.63, 3.8) is 0 Å². The zero-order valence-electron chi connectivity index (χ0n) is 44.0. The Labute approximate surface area is 454 Å². The summed E-state index contributed by atoms with van der Waals surface area (Å²) in [5.41, 5.74) is 3.91. The SMILES string of the molecule is CN(C)[C@@H]1CCCC[C@H]1Nc1ccc(S(=O)(=O)Nc2nc3ccc(OCCCNC(=O)C4CCC(c5ccc(C(=O)NCCOCCOCCNC(=O)[C@H]6CC(=O)N(C)[C@@H]6c6cccnc6)cc5)CC4)cc3s2)c(C#N)c1. The summed E-state index contributed by atoms with van der Waals surface area (Å²) in [6.07, 6.45) is 11.8. The highest BCUT2D eigenvalue weighted by molar-refractivity contribution is 7.93. The maximum atomic E-state index is 13.5. The van der Waals surface area contributed by atoms with Gasteiger partial charge >= 0.3 is 0 Å². The number of likely N-dealkylation sites (tertiary alicyclic amines) is 1. The molecule has 3 heterocycles. The number of thiazole rings is 1. The number of pyridine rings is 1. The van der Waals surface area contributed by atoms with E-state index < -0.39 is 15.9 Å². The van der Waals surface area contributed by atoms with Gasteiger partial charge in [-0.2, -0.15) is 5.26 Å². The number of nitrogens with zero attached hydrogens (tertiary/aromatic N) is 5. The first-order valence-electron chi connectivity index (χ1n) is 26.6. The molecule has 1 saturated heterocycles. The molecule has 0 unspecified atom stereocenters. The van der Waals surface area contributed by atoms with Crippen molar-refractivity contribution in [1.29, 1.82) is 5.26 Å². The van der Waals surface area contributed by atoms with E-state index in [2.05, 4.69) is 61.0 Å². The number of hydrogen-bond acceptors (Lipinski definition) is 15. The molecule has 3 aliphatic rings. The van der Waals surface area contributed by atoms with Gasteiger partial charge < -0.3 is 45.3 Å². The molecule has 3 fully saturated rings. The third kappa shape index (κ3) is 15.1. The Morgan fingerprint density at radius 3 is 2.30 bits per heavy atom. The van der Waals surface area contributed by atoms with Crippen LogP contribution in [-0.4, -0.2) is 138 Å². The maximum absolute atomic E-state index is 13.5. The highest BCUT2D eigenvalue weighted by Crippen LogP contribution is 2.38. The molecule has 19 nitrogen and oxygen atoms in total. The van der Waals surface area contributed by atoms with Crippen LogP contribution in [0.1, 0.15) is 103 Å². The molecule has 0 radical (unpaired) electrons. The van der Waals surface area contributed by atoms with Gasteiger partial charge in [-0.1, -0.05) is 42.4 Å². The Morgan fingerprint density at radius 2 is 1.57 bits per heavy atom. The van der Waals surface area contributed by atoms with Crippen molar-refractivity contribution in [1.82, 2.24) is 35.7 Å². The number of nitriles is 1. The van der Waals surface area contributed by atoms with Gasteiger partial charge in [0, 0.05) is 74.7 Å². The Kier molecular flexibility index (Phi) is 19.9. The van der Waals surface area contributed by atoms with Crippen molar-refractivity contribution < 1.29 is 41.8 Å². The number of carbonyl (C=O) groups is 4. The summed E-state index contributed by atoms with van der Waals surface area (Å²) in [5.74, 6) is -0.0640. The Morgan fingerprint density at radius 1 is 0.831 bits per heavy atom. The van der Waals surface area contributed by atoms with E-state index in [0.717, 1.165) is 60.8 Å². The van der Waals surface area contributed by atoms with Crippen LogP contribution in [0.4, 0.5) is 10.8 Å². The van der Waals surface area contributed by atoms with Gasteiger partial charge in [0.05, 0.1) is 60.8 Å². The van der Waals surface area contributed by atoms with Crippen LogP contribution in [0.3, 0.4) is 0 Å². The summed E-state index contributed by atoms with van der Waals surface area (Å²) < 4.78 is 47.6. The number of amides is 4. The number of benzene rings is 3. The molecule has 2 saturated carbocycles. The van der Waals surface area contributed by atoms with Gasteiger partial charge in [0.15, 0.2) is 5.13 Å². The lowest BCUT2D eigenvalue weighted by Crippen LogP contribution is -2.45. The predicted molar refractivity (Wildman–Crippen MR) is 294 cm³/mol. The second-order valence-corrected chi connectivity index (χ2v) is 22.8. The smallest absolute Gasteiger partial charge is 0.264 e. The minimum Gasteiger partial charge on any atom is -0.493 e. The quantitative estimate of drug-likeness (QED) is 0.0387. The molecule has 3 aromatic carbocycles.